The maximum Gasteiger partial charge on any atom is 0.236 e. The van der Waals surface area contributed by atoms with Gasteiger partial charge >= 0.3 is 0 Å². The Kier molecular flexibility index (Phi) is 3.87. The van der Waals surface area contributed by atoms with Gasteiger partial charge in [-0.1, -0.05) is 18.2 Å². The molecule has 5 heteroatoms. The van der Waals surface area contributed by atoms with E-state index in [1.807, 2.05) is 42.1 Å². The summed E-state index contributed by atoms with van der Waals surface area (Å²) in [6, 6.07) is 7.76. The van der Waals surface area contributed by atoms with E-state index in [0.29, 0.717) is 0 Å². The van der Waals surface area contributed by atoms with E-state index in [4.69, 9.17) is 5.73 Å². The number of carbonyl (C=O) groups excluding carboxylic acids is 1. The fourth-order valence-corrected chi connectivity index (χ4v) is 2.27. The molecule has 3 N–H and O–H groups in total. The van der Waals surface area contributed by atoms with E-state index in [0.717, 1.165) is 16.5 Å². The van der Waals surface area contributed by atoms with Crippen LogP contribution in [0.4, 0.5) is 0 Å². The number of rotatable bonds is 4. The molecule has 1 atom stereocenters. The normalized spacial score (nSPS) is 12.9. The molecule has 0 bridgehead atoms. The number of hydrogen-bond acceptors (Lipinski definition) is 3. The number of carbonyl (C=O) groups is 1. The summed E-state index contributed by atoms with van der Waals surface area (Å²) in [5.74, 6) is -0.0783. The van der Waals surface area contributed by atoms with Gasteiger partial charge in [-0.3, -0.25) is 10.2 Å². The summed E-state index contributed by atoms with van der Waals surface area (Å²) in [7, 11) is 5.54. The fraction of sp³-hybridized carbons (Fsp3) is 0.357. The van der Waals surface area contributed by atoms with Crippen LogP contribution in [0.5, 0.6) is 0 Å². The lowest BCUT2D eigenvalue weighted by Crippen LogP contribution is -2.37. The van der Waals surface area contributed by atoms with E-state index < -0.39 is 0 Å². The Morgan fingerprint density at radius 3 is 2.79 bits per heavy atom. The van der Waals surface area contributed by atoms with Crippen molar-refractivity contribution < 1.29 is 4.79 Å². The van der Waals surface area contributed by atoms with Crippen molar-refractivity contribution in [2.24, 2.45) is 12.8 Å². The van der Waals surface area contributed by atoms with Crippen LogP contribution >= 0.6 is 0 Å². The second-order valence-corrected chi connectivity index (χ2v) is 4.95. The number of nitrogens with zero attached hydrogens (tertiary/aromatic N) is 2. The van der Waals surface area contributed by atoms with Gasteiger partial charge < -0.3 is 10.3 Å². The number of hydrogen-bond donors (Lipinski definition) is 2. The van der Waals surface area contributed by atoms with Gasteiger partial charge in [-0.25, -0.2) is 5.01 Å². The van der Waals surface area contributed by atoms with Crippen LogP contribution in [0.3, 0.4) is 0 Å². The third-order valence-corrected chi connectivity index (χ3v) is 3.08. The molecule has 2 rings (SSSR count). The topological polar surface area (TPSA) is 63.3 Å². The predicted octanol–water partition coefficient (Wildman–Crippen LogP) is 1.16. The number of hydrazine groups is 1. The Morgan fingerprint density at radius 1 is 1.42 bits per heavy atom. The zero-order chi connectivity index (χ0) is 14.0. The number of nitrogens with one attached hydrogen (secondary N) is 1. The molecule has 0 aliphatic rings. The van der Waals surface area contributed by atoms with Gasteiger partial charge in [0.25, 0.3) is 0 Å². The summed E-state index contributed by atoms with van der Waals surface area (Å²) in [6.45, 7) is 0. The molecule has 1 heterocycles. The van der Waals surface area contributed by atoms with Crippen LogP contribution in [0.1, 0.15) is 18.0 Å². The van der Waals surface area contributed by atoms with Gasteiger partial charge in [0.2, 0.25) is 5.91 Å². The molecule has 1 aromatic carbocycles. The standard InChI is InChI=1S/C14H20N4O/c1-17(2)16-14(19)8-12(15)11-9-18(3)13-7-5-4-6-10(11)13/h4-7,9,12H,8,15H2,1-3H3,(H,16,19). The number of amides is 1. The molecule has 1 unspecified atom stereocenters. The maximum atomic E-state index is 11.7. The van der Waals surface area contributed by atoms with Crippen LogP contribution in [-0.4, -0.2) is 29.6 Å². The molecule has 5 nitrogen and oxygen atoms in total. The SMILES string of the molecule is CN(C)NC(=O)CC(N)c1cn(C)c2ccccc12. The second-order valence-electron chi connectivity index (χ2n) is 4.95. The highest BCUT2D eigenvalue weighted by Crippen LogP contribution is 2.26. The molecule has 19 heavy (non-hydrogen) atoms. The Morgan fingerprint density at radius 2 is 2.11 bits per heavy atom. The second kappa shape index (κ2) is 5.42. The van der Waals surface area contributed by atoms with Crippen molar-refractivity contribution in [1.82, 2.24) is 15.0 Å². The van der Waals surface area contributed by atoms with E-state index >= 15 is 0 Å². The zero-order valence-electron chi connectivity index (χ0n) is 11.6. The minimum Gasteiger partial charge on any atom is -0.350 e. The number of aryl methyl sites for hydroxylation is 1. The molecule has 1 amide bonds. The van der Waals surface area contributed by atoms with Crippen LogP contribution in [0, 0.1) is 0 Å². The Hall–Kier alpha value is -1.85. The van der Waals surface area contributed by atoms with Crippen molar-refractivity contribution >= 4 is 16.8 Å². The van der Waals surface area contributed by atoms with E-state index in [2.05, 4.69) is 5.43 Å². The van der Waals surface area contributed by atoms with Gasteiger partial charge in [-0.2, -0.15) is 0 Å². The zero-order valence-corrected chi connectivity index (χ0v) is 11.6. The lowest BCUT2D eigenvalue weighted by atomic mass is 10.0. The monoisotopic (exact) mass is 260 g/mol. The van der Waals surface area contributed by atoms with Crippen molar-refractivity contribution in [1.29, 1.82) is 0 Å². The van der Waals surface area contributed by atoms with Gasteiger partial charge in [-0.05, 0) is 11.6 Å². The molecule has 0 saturated heterocycles. The van der Waals surface area contributed by atoms with Crippen molar-refractivity contribution in [2.45, 2.75) is 12.5 Å². The molecule has 1 aromatic heterocycles. The first-order valence-electron chi connectivity index (χ1n) is 6.25. The lowest BCUT2D eigenvalue weighted by molar-refractivity contribution is -0.125. The van der Waals surface area contributed by atoms with Crippen molar-refractivity contribution in [3.05, 3.63) is 36.0 Å². The first-order valence-corrected chi connectivity index (χ1v) is 6.25. The summed E-state index contributed by atoms with van der Waals surface area (Å²) in [4.78, 5) is 11.7. The number of fused-ring (bicyclic) bond motifs is 1. The smallest absolute Gasteiger partial charge is 0.236 e. The lowest BCUT2D eigenvalue weighted by Gasteiger charge is -2.15. The minimum absolute atomic E-state index is 0.0783. The Balaban J connectivity index is 2.22. The van der Waals surface area contributed by atoms with E-state index in [-0.39, 0.29) is 18.4 Å². The van der Waals surface area contributed by atoms with Gasteiger partial charge in [0, 0.05) is 50.7 Å². The first kappa shape index (κ1) is 13.6. The summed E-state index contributed by atoms with van der Waals surface area (Å²) in [5, 5.41) is 2.73. The van der Waals surface area contributed by atoms with Crippen molar-refractivity contribution in [3.63, 3.8) is 0 Å². The number of para-hydroxylation sites is 1. The third kappa shape index (κ3) is 2.94. The number of nitrogens with two attached hydrogens (primary N) is 1. The minimum atomic E-state index is -0.300. The van der Waals surface area contributed by atoms with Crippen LogP contribution in [0.15, 0.2) is 30.5 Å². The molecule has 102 valence electrons. The van der Waals surface area contributed by atoms with Crippen LogP contribution < -0.4 is 11.2 Å². The largest absolute Gasteiger partial charge is 0.350 e. The summed E-state index contributed by atoms with van der Waals surface area (Å²) in [6.07, 6.45) is 2.27. The molecular weight excluding hydrogens is 240 g/mol. The quantitative estimate of drug-likeness (QED) is 0.811. The highest BCUT2D eigenvalue weighted by molar-refractivity contribution is 5.85. The highest BCUT2D eigenvalue weighted by Gasteiger charge is 2.16. The maximum absolute atomic E-state index is 11.7. The van der Waals surface area contributed by atoms with Gasteiger partial charge in [0.1, 0.15) is 0 Å². The number of benzene rings is 1. The predicted molar refractivity (Wildman–Crippen MR) is 76.3 cm³/mol. The summed E-state index contributed by atoms with van der Waals surface area (Å²) in [5.41, 5.74) is 11.0. The molecule has 0 radical (unpaired) electrons. The molecule has 0 aliphatic carbocycles. The van der Waals surface area contributed by atoms with Crippen molar-refractivity contribution in [2.75, 3.05) is 14.1 Å². The molecule has 0 spiro atoms. The molecule has 0 saturated carbocycles. The Bertz CT molecular complexity index is 588. The first-order chi connectivity index (χ1) is 8.99. The van der Waals surface area contributed by atoms with E-state index in [1.54, 1.807) is 19.1 Å². The molecular formula is C14H20N4O. The summed E-state index contributed by atoms with van der Waals surface area (Å²) < 4.78 is 2.04. The number of aromatic nitrogens is 1. The van der Waals surface area contributed by atoms with E-state index in [9.17, 15) is 4.79 Å². The van der Waals surface area contributed by atoms with Gasteiger partial charge in [0.05, 0.1) is 0 Å². The van der Waals surface area contributed by atoms with Crippen LogP contribution in [-0.2, 0) is 11.8 Å². The van der Waals surface area contributed by atoms with Crippen LogP contribution in [0.25, 0.3) is 10.9 Å². The average molecular weight is 260 g/mol. The highest BCUT2D eigenvalue weighted by atomic mass is 16.2. The Labute approximate surface area is 113 Å². The molecule has 0 fully saturated rings. The average Bonchev–Trinajstić information content (AvgIpc) is 2.66. The third-order valence-electron chi connectivity index (χ3n) is 3.08. The molecule has 0 aliphatic heterocycles. The van der Waals surface area contributed by atoms with Gasteiger partial charge in [-0.15, -0.1) is 0 Å². The molecule has 2 aromatic rings. The summed E-state index contributed by atoms with van der Waals surface area (Å²) >= 11 is 0. The fourth-order valence-electron chi connectivity index (χ4n) is 2.27. The van der Waals surface area contributed by atoms with Crippen LogP contribution in [0.2, 0.25) is 0 Å². The van der Waals surface area contributed by atoms with Gasteiger partial charge in [0.15, 0.2) is 0 Å². The van der Waals surface area contributed by atoms with Crippen molar-refractivity contribution in [3.8, 4) is 0 Å². The van der Waals surface area contributed by atoms with E-state index in [1.165, 1.54) is 0 Å².